The highest BCUT2D eigenvalue weighted by atomic mass is 16.5. The Labute approximate surface area is 247 Å². The number of piperidine rings is 1. The number of benzene rings is 2. The molecule has 0 radical (unpaired) electrons. The van der Waals surface area contributed by atoms with Crippen LogP contribution in [0.25, 0.3) is 16.7 Å². The molecule has 9 heteroatoms. The van der Waals surface area contributed by atoms with Crippen LogP contribution in [-0.2, 0) is 6.61 Å². The Morgan fingerprint density at radius 3 is 2.40 bits per heavy atom. The van der Waals surface area contributed by atoms with Gasteiger partial charge in [-0.2, -0.15) is 0 Å². The van der Waals surface area contributed by atoms with Crippen molar-refractivity contribution in [3.63, 3.8) is 0 Å². The Bertz CT molecular complexity index is 1630. The first kappa shape index (κ1) is 29.0. The smallest absolute Gasteiger partial charge is 0.151 e. The van der Waals surface area contributed by atoms with Gasteiger partial charge in [0.25, 0.3) is 0 Å². The van der Waals surface area contributed by atoms with Crippen molar-refractivity contribution in [3.05, 3.63) is 89.9 Å². The Morgan fingerprint density at radius 2 is 1.67 bits per heavy atom. The number of aryl methyl sites for hydroxylation is 2. The van der Waals surface area contributed by atoms with Crippen molar-refractivity contribution in [2.75, 3.05) is 25.9 Å². The number of aromatic nitrogens is 5. The molecular formula is C33H39N7O2. The number of hydrogen-bond acceptors (Lipinski definition) is 8. The maximum Gasteiger partial charge on any atom is 0.151 e. The van der Waals surface area contributed by atoms with Crippen LogP contribution in [0.15, 0.2) is 67.4 Å². The minimum atomic E-state index is 0.384. The summed E-state index contributed by atoms with van der Waals surface area (Å²) in [6.45, 7) is 10.4. The lowest BCUT2D eigenvalue weighted by atomic mass is 9.92. The van der Waals surface area contributed by atoms with Crippen molar-refractivity contribution in [2.45, 2.75) is 53.1 Å². The average Bonchev–Trinajstić information content (AvgIpc) is 3.39. The third-order valence-electron chi connectivity index (χ3n) is 7.31. The molecule has 0 amide bonds. The van der Waals surface area contributed by atoms with Gasteiger partial charge in [0.15, 0.2) is 5.82 Å². The number of fused-ring (bicyclic) bond motifs is 1. The maximum atomic E-state index is 6.37. The molecule has 0 aliphatic carbocycles. The van der Waals surface area contributed by atoms with Crippen molar-refractivity contribution in [1.82, 2.24) is 29.4 Å². The summed E-state index contributed by atoms with van der Waals surface area (Å²) in [4.78, 5) is 19.8. The van der Waals surface area contributed by atoms with Gasteiger partial charge in [0.2, 0.25) is 0 Å². The molecule has 0 saturated carbocycles. The lowest BCUT2D eigenvalue weighted by Gasteiger charge is -2.29. The second-order valence-electron chi connectivity index (χ2n) is 10.5. The van der Waals surface area contributed by atoms with Crippen molar-refractivity contribution in [2.24, 2.45) is 0 Å². The third-order valence-corrected chi connectivity index (χ3v) is 7.31. The van der Waals surface area contributed by atoms with Crippen LogP contribution in [-0.4, -0.2) is 49.5 Å². The van der Waals surface area contributed by atoms with Gasteiger partial charge in [0.05, 0.1) is 5.52 Å². The summed E-state index contributed by atoms with van der Waals surface area (Å²) in [6.07, 6.45) is 9.61. The fourth-order valence-corrected chi connectivity index (χ4v) is 5.36. The van der Waals surface area contributed by atoms with Crippen LogP contribution in [0.2, 0.25) is 0 Å². The first-order chi connectivity index (χ1) is 20.4. The number of nitrogens with zero attached hydrogens (tertiary/aromatic N) is 6. The van der Waals surface area contributed by atoms with Crippen molar-refractivity contribution >= 4 is 16.9 Å². The molecule has 1 fully saturated rings. The van der Waals surface area contributed by atoms with E-state index in [0.29, 0.717) is 24.1 Å². The van der Waals surface area contributed by atoms with Gasteiger partial charge in [-0.05, 0) is 82.2 Å². The van der Waals surface area contributed by atoms with Gasteiger partial charge in [-0.25, -0.2) is 19.9 Å². The molecule has 2 aromatic carbocycles. The molecule has 2 N–H and O–H groups in total. The lowest BCUT2D eigenvalue weighted by molar-refractivity contribution is 0.251. The number of anilines is 1. The van der Waals surface area contributed by atoms with E-state index in [9.17, 15) is 0 Å². The molecule has 3 aromatic heterocycles. The van der Waals surface area contributed by atoms with Crippen LogP contribution >= 0.6 is 0 Å². The zero-order valence-corrected chi connectivity index (χ0v) is 25.0. The number of nitrogens with two attached hydrogens (primary N) is 1. The van der Waals surface area contributed by atoms with Gasteiger partial charge in [-0.3, -0.25) is 0 Å². The molecular weight excluding hydrogens is 526 g/mol. The molecule has 1 aliphatic heterocycles. The zero-order chi connectivity index (χ0) is 29.6. The second kappa shape index (κ2) is 13.0. The van der Waals surface area contributed by atoms with Crippen LogP contribution < -0.4 is 15.2 Å². The monoisotopic (exact) mass is 565 g/mol. The van der Waals surface area contributed by atoms with E-state index < -0.39 is 0 Å². The predicted molar refractivity (Wildman–Crippen MR) is 166 cm³/mol. The molecule has 5 aromatic rings. The summed E-state index contributed by atoms with van der Waals surface area (Å²) in [5.74, 6) is 3.78. The normalized spacial score (nSPS) is 15.2. The quantitative estimate of drug-likeness (QED) is 0.235. The van der Waals surface area contributed by atoms with Crippen molar-refractivity contribution in [1.29, 1.82) is 0 Å². The largest absolute Gasteiger partial charge is 0.489 e. The molecule has 1 saturated heterocycles. The Morgan fingerprint density at radius 1 is 0.929 bits per heavy atom. The number of likely N-dealkylation sites (tertiary alicyclic amines) is 1. The average molecular weight is 566 g/mol. The molecule has 42 heavy (non-hydrogen) atoms. The molecule has 0 unspecified atom stereocenters. The SMILES string of the molecule is CC.Cc1cc(OCc2cnc(C)nc2)cc(Oc2ccc(-n3cc([C@@H]4CCCN(C)C4)c4ncnc(N)c43)cc2)c1. The summed E-state index contributed by atoms with van der Waals surface area (Å²) in [5.41, 5.74) is 12.3. The highest BCUT2D eigenvalue weighted by Crippen LogP contribution is 2.36. The standard InChI is InChI=1S/C31H33N7O2.C2H6/c1-20-11-26(39-18-22-14-33-21(2)34-15-22)13-27(12-20)40-25-8-6-24(7-9-25)38-17-28(23-5-4-10-37(3)16-23)29-30(38)31(32)36-19-35-29;1-2/h6-9,11-15,17,19,23H,4-5,10,16,18H2,1-3H3,(H2,32,35,36);1-2H3/t23-;/m1./s1. The summed E-state index contributed by atoms with van der Waals surface area (Å²) in [7, 11) is 2.18. The van der Waals surface area contributed by atoms with E-state index in [1.807, 2.05) is 70.2 Å². The highest BCUT2D eigenvalue weighted by molar-refractivity contribution is 5.90. The number of hydrogen-bond donors (Lipinski definition) is 1. The zero-order valence-electron chi connectivity index (χ0n) is 25.0. The summed E-state index contributed by atoms with van der Waals surface area (Å²) >= 11 is 0. The Balaban J connectivity index is 0.00000173. The van der Waals surface area contributed by atoms with Crippen LogP contribution in [0.4, 0.5) is 5.82 Å². The van der Waals surface area contributed by atoms with E-state index in [0.717, 1.165) is 64.7 Å². The molecule has 1 aliphatic rings. The topological polar surface area (TPSA) is 104 Å². The molecule has 218 valence electrons. The summed E-state index contributed by atoms with van der Waals surface area (Å²) in [5, 5.41) is 0. The van der Waals surface area contributed by atoms with Gasteiger partial charge in [0.1, 0.15) is 41.5 Å². The van der Waals surface area contributed by atoms with Crippen molar-refractivity contribution < 1.29 is 9.47 Å². The van der Waals surface area contributed by atoms with Crippen LogP contribution in [0.3, 0.4) is 0 Å². The molecule has 4 heterocycles. The van der Waals surface area contributed by atoms with Gasteiger partial charge in [-0.1, -0.05) is 13.8 Å². The predicted octanol–water partition coefficient (Wildman–Crippen LogP) is 6.62. The van der Waals surface area contributed by atoms with Crippen LogP contribution in [0, 0.1) is 13.8 Å². The first-order valence-corrected chi connectivity index (χ1v) is 14.5. The fraction of sp³-hybridized carbons (Fsp3) is 0.333. The molecule has 0 bridgehead atoms. The Hall–Kier alpha value is -4.50. The highest BCUT2D eigenvalue weighted by Gasteiger charge is 2.25. The van der Waals surface area contributed by atoms with Gasteiger partial charge >= 0.3 is 0 Å². The van der Waals surface area contributed by atoms with Gasteiger partial charge < -0.3 is 24.7 Å². The van der Waals surface area contributed by atoms with E-state index in [4.69, 9.17) is 15.2 Å². The fourth-order valence-electron chi connectivity index (χ4n) is 5.36. The van der Waals surface area contributed by atoms with Crippen LogP contribution in [0.5, 0.6) is 17.2 Å². The second-order valence-corrected chi connectivity index (χ2v) is 10.5. The van der Waals surface area contributed by atoms with Crippen molar-refractivity contribution in [3.8, 4) is 22.9 Å². The molecule has 0 spiro atoms. The lowest BCUT2D eigenvalue weighted by Crippen LogP contribution is -2.30. The number of nitrogen functional groups attached to an aromatic ring is 1. The maximum absolute atomic E-state index is 6.37. The summed E-state index contributed by atoms with van der Waals surface area (Å²) in [6, 6.07) is 13.8. The first-order valence-electron chi connectivity index (χ1n) is 14.5. The Kier molecular flexibility index (Phi) is 8.97. The molecule has 6 rings (SSSR count). The van der Waals surface area contributed by atoms with Gasteiger partial charge in [0, 0.05) is 53.9 Å². The molecule has 9 nitrogen and oxygen atoms in total. The minimum absolute atomic E-state index is 0.384. The summed E-state index contributed by atoms with van der Waals surface area (Å²) < 4.78 is 14.3. The van der Waals surface area contributed by atoms with E-state index in [-0.39, 0.29) is 0 Å². The van der Waals surface area contributed by atoms with Crippen LogP contribution in [0.1, 0.15) is 55.1 Å². The third kappa shape index (κ3) is 6.52. The number of ether oxygens (including phenoxy) is 2. The van der Waals surface area contributed by atoms with E-state index in [2.05, 4.69) is 42.6 Å². The van der Waals surface area contributed by atoms with Gasteiger partial charge in [-0.15, -0.1) is 0 Å². The number of rotatable bonds is 7. The van der Waals surface area contributed by atoms with E-state index >= 15 is 0 Å². The van der Waals surface area contributed by atoms with E-state index in [1.165, 1.54) is 12.0 Å². The number of likely N-dealkylation sites (N-methyl/N-ethyl adjacent to an activating group) is 1. The van der Waals surface area contributed by atoms with E-state index in [1.54, 1.807) is 18.7 Å². The minimum Gasteiger partial charge on any atom is -0.489 e. The molecule has 1 atom stereocenters.